The number of aromatic nitrogens is 1. The minimum atomic E-state index is 0.114. The first-order valence-corrected chi connectivity index (χ1v) is 10.4. The van der Waals surface area contributed by atoms with Gasteiger partial charge in [-0.05, 0) is 62.1 Å². The van der Waals surface area contributed by atoms with Crippen LogP contribution < -0.4 is 4.90 Å². The third kappa shape index (κ3) is 3.99. The van der Waals surface area contributed by atoms with Crippen molar-refractivity contribution in [3.8, 4) is 17.7 Å². The van der Waals surface area contributed by atoms with Gasteiger partial charge in [-0.25, -0.2) is 0 Å². The van der Waals surface area contributed by atoms with E-state index in [0.717, 1.165) is 49.4 Å². The number of carbonyl (C=O) groups is 1. The predicted octanol–water partition coefficient (Wildman–Crippen LogP) is 4.26. The maximum absolute atomic E-state index is 12.1. The van der Waals surface area contributed by atoms with E-state index >= 15 is 0 Å². The molecule has 1 saturated heterocycles. The number of benzene rings is 1. The Kier molecular flexibility index (Phi) is 5.66. The standard InChI is InChI=1S/C24H26N4O3/c1-15-12-16(2)22(18(4)29)17(3)19(15)14-27-7-9-28(10-8-27)24-20(13-25)26-23(31-24)21-6-5-11-30-21/h5-6,11-12H,7-10,14H2,1-4H3. The maximum atomic E-state index is 12.1. The van der Waals surface area contributed by atoms with Gasteiger partial charge in [-0.15, -0.1) is 0 Å². The fraction of sp³-hybridized carbons (Fsp3) is 0.375. The van der Waals surface area contributed by atoms with Crippen molar-refractivity contribution in [3.63, 3.8) is 0 Å². The molecule has 7 nitrogen and oxygen atoms in total. The van der Waals surface area contributed by atoms with Crippen LogP contribution in [0.5, 0.6) is 0 Å². The van der Waals surface area contributed by atoms with Crippen molar-refractivity contribution in [2.24, 2.45) is 0 Å². The van der Waals surface area contributed by atoms with Gasteiger partial charge in [0.05, 0.1) is 6.26 Å². The number of rotatable bonds is 5. The molecule has 0 N–H and O–H groups in total. The van der Waals surface area contributed by atoms with Gasteiger partial charge in [0.25, 0.3) is 5.89 Å². The lowest BCUT2D eigenvalue weighted by atomic mass is 9.91. The Labute approximate surface area is 181 Å². The summed E-state index contributed by atoms with van der Waals surface area (Å²) in [6, 6.07) is 7.76. The monoisotopic (exact) mass is 418 g/mol. The van der Waals surface area contributed by atoms with E-state index in [1.807, 2.05) is 13.8 Å². The third-order valence-corrected chi connectivity index (χ3v) is 5.97. The molecule has 3 aromatic rings. The lowest BCUT2D eigenvalue weighted by molar-refractivity contribution is 0.101. The van der Waals surface area contributed by atoms with E-state index < -0.39 is 0 Å². The molecule has 1 aromatic carbocycles. The highest BCUT2D eigenvalue weighted by molar-refractivity contribution is 5.97. The fourth-order valence-electron chi connectivity index (χ4n) is 4.45. The first-order chi connectivity index (χ1) is 14.9. The number of hydrogen-bond donors (Lipinski definition) is 0. The van der Waals surface area contributed by atoms with Crippen molar-refractivity contribution in [1.82, 2.24) is 9.88 Å². The number of Topliss-reactive ketones (excluding diaryl/α,β-unsaturated/α-hetero) is 1. The van der Waals surface area contributed by atoms with E-state index in [1.165, 1.54) is 11.1 Å². The third-order valence-electron chi connectivity index (χ3n) is 5.97. The Morgan fingerprint density at radius 2 is 1.94 bits per heavy atom. The van der Waals surface area contributed by atoms with Gasteiger partial charge in [0.15, 0.2) is 11.5 Å². The van der Waals surface area contributed by atoms with Crippen molar-refractivity contribution < 1.29 is 13.6 Å². The van der Waals surface area contributed by atoms with Crippen molar-refractivity contribution >= 4 is 11.7 Å². The molecule has 1 fully saturated rings. The molecule has 7 heteroatoms. The molecule has 31 heavy (non-hydrogen) atoms. The number of aryl methyl sites for hydroxylation is 2. The molecule has 0 bridgehead atoms. The molecule has 1 aliphatic heterocycles. The molecule has 0 radical (unpaired) electrons. The van der Waals surface area contributed by atoms with Gasteiger partial charge in [0.2, 0.25) is 11.6 Å². The fourth-order valence-corrected chi connectivity index (χ4v) is 4.45. The van der Waals surface area contributed by atoms with Crippen molar-refractivity contribution in [1.29, 1.82) is 5.26 Å². The quantitative estimate of drug-likeness (QED) is 0.572. The van der Waals surface area contributed by atoms with Crippen molar-refractivity contribution in [2.45, 2.75) is 34.2 Å². The van der Waals surface area contributed by atoms with Crippen LogP contribution in [0.2, 0.25) is 0 Å². The number of nitriles is 1. The van der Waals surface area contributed by atoms with Crippen LogP contribution in [0, 0.1) is 32.1 Å². The van der Waals surface area contributed by atoms with Gasteiger partial charge in [0.1, 0.15) is 6.07 Å². The van der Waals surface area contributed by atoms with Crippen LogP contribution in [0.1, 0.15) is 45.2 Å². The molecule has 4 rings (SSSR count). The van der Waals surface area contributed by atoms with Gasteiger partial charge >= 0.3 is 0 Å². The molecule has 160 valence electrons. The van der Waals surface area contributed by atoms with E-state index in [-0.39, 0.29) is 11.5 Å². The average Bonchev–Trinajstić information content (AvgIpc) is 3.40. The van der Waals surface area contributed by atoms with Gasteiger partial charge in [-0.2, -0.15) is 10.2 Å². The summed E-state index contributed by atoms with van der Waals surface area (Å²) in [5.41, 5.74) is 5.67. The number of anilines is 1. The number of hydrogen-bond acceptors (Lipinski definition) is 7. The maximum Gasteiger partial charge on any atom is 0.266 e. The molecule has 2 aromatic heterocycles. The molecule has 0 saturated carbocycles. The minimum absolute atomic E-state index is 0.114. The van der Waals surface area contributed by atoms with E-state index in [9.17, 15) is 10.1 Å². The van der Waals surface area contributed by atoms with Crippen LogP contribution in [0.25, 0.3) is 11.7 Å². The largest absolute Gasteiger partial charge is 0.459 e. The van der Waals surface area contributed by atoms with Crippen LogP contribution in [0.3, 0.4) is 0 Å². The minimum Gasteiger partial charge on any atom is -0.459 e. The van der Waals surface area contributed by atoms with Crippen LogP contribution in [0.15, 0.2) is 33.3 Å². The Morgan fingerprint density at radius 1 is 1.19 bits per heavy atom. The highest BCUT2D eigenvalue weighted by Gasteiger charge is 2.26. The Morgan fingerprint density at radius 3 is 2.55 bits per heavy atom. The zero-order valence-electron chi connectivity index (χ0n) is 18.4. The van der Waals surface area contributed by atoms with Crippen molar-refractivity contribution in [3.05, 3.63) is 58.0 Å². The summed E-state index contributed by atoms with van der Waals surface area (Å²) >= 11 is 0. The normalized spacial score (nSPS) is 14.6. The second-order valence-electron chi connectivity index (χ2n) is 8.07. The molecular weight excluding hydrogens is 392 g/mol. The topological polar surface area (TPSA) is 86.5 Å². The summed E-state index contributed by atoms with van der Waals surface area (Å²) < 4.78 is 11.2. The zero-order valence-corrected chi connectivity index (χ0v) is 18.4. The smallest absolute Gasteiger partial charge is 0.266 e. The summed E-state index contributed by atoms with van der Waals surface area (Å²) in [5, 5.41) is 9.49. The van der Waals surface area contributed by atoms with Crippen LogP contribution in [0.4, 0.5) is 5.88 Å². The summed E-state index contributed by atoms with van der Waals surface area (Å²) in [5.74, 6) is 1.44. The van der Waals surface area contributed by atoms with Crippen LogP contribution in [-0.2, 0) is 6.54 Å². The molecule has 0 aliphatic carbocycles. The molecular formula is C24H26N4O3. The second-order valence-corrected chi connectivity index (χ2v) is 8.07. The zero-order chi connectivity index (χ0) is 22.1. The molecule has 0 spiro atoms. The Balaban J connectivity index is 1.49. The summed E-state index contributed by atoms with van der Waals surface area (Å²) in [6.45, 7) is 11.7. The molecule has 0 atom stereocenters. The number of nitrogens with zero attached hydrogens (tertiary/aromatic N) is 4. The van der Waals surface area contributed by atoms with Gasteiger partial charge in [-0.3, -0.25) is 9.69 Å². The van der Waals surface area contributed by atoms with E-state index in [4.69, 9.17) is 8.83 Å². The highest BCUT2D eigenvalue weighted by Crippen LogP contribution is 2.30. The second kappa shape index (κ2) is 8.40. The van der Waals surface area contributed by atoms with E-state index in [1.54, 1.807) is 25.3 Å². The predicted molar refractivity (Wildman–Crippen MR) is 117 cm³/mol. The summed E-state index contributed by atoms with van der Waals surface area (Å²) in [7, 11) is 0. The lowest BCUT2D eigenvalue weighted by Crippen LogP contribution is -2.46. The Bertz CT molecular complexity index is 1150. The summed E-state index contributed by atoms with van der Waals surface area (Å²) in [6.07, 6.45) is 1.55. The average molecular weight is 418 g/mol. The summed E-state index contributed by atoms with van der Waals surface area (Å²) in [4.78, 5) is 20.8. The van der Waals surface area contributed by atoms with Gasteiger partial charge in [0, 0.05) is 38.3 Å². The van der Waals surface area contributed by atoms with E-state index in [2.05, 4.69) is 33.8 Å². The van der Waals surface area contributed by atoms with Crippen molar-refractivity contribution in [2.75, 3.05) is 31.1 Å². The molecule has 3 heterocycles. The van der Waals surface area contributed by atoms with Crippen LogP contribution in [-0.4, -0.2) is 41.8 Å². The van der Waals surface area contributed by atoms with Gasteiger partial charge in [-0.1, -0.05) is 6.07 Å². The highest BCUT2D eigenvalue weighted by atomic mass is 16.4. The first-order valence-electron chi connectivity index (χ1n) is 10.4. The lowest BCUT2D eigenvalue weighted by Gasteiger charge is -2.35. The number of oxazole rings is 1. The van der Waals surface area contributed by atoms with E-state index in [0.29, 0.717) is 17.5 Å². The number of piperazine rings is 1. The SMILES string of the molecule is CC(=O)c1c(C)cc(C)c(CN2CCN(c3oc(-c4ccco4)nc3C#N)CC2)c1C. The molecule has 1 aliphatic rings. The molecule has 0 unspecified atom stereocenters. The Hall–Kier alpha value is -3.37. The first kappa shape index (κ1) is 20.9. The van der Waals surface area contributed by atoms with Gasteiger partial charge < -0.3 is 13.7 Å². The molecule has 0 amide bonds. The number of ketones is 1. The number of furan rings is 1. The number of carbonyl (C=O) groups excluding carboxylic acids is 1. The van der Waals surface area contributed by atoms with Crippen LogP contribution >= 0.6 is 0 Å².